The molecule has 6 aromatic rings. The van der Waals surface area contributed by atoms with Crippen molar-refractivity contribution in [3.63, 3.8) is 0 Å². The van der Waals surface area contributed by atoms with E-state index in [0.717, 1.165) is 16.9 Å². The summed E-state index contributed by atoms with van der Waals surface area (Å²) in [5.74, 6) is 0.642. The summed E-state index contributed by atoms with van der Waals surface area (Å²) >= 11 is 3.75. The molecule has 0 bridgehead atoms. The first-order valence-corrected chi connectivity index (χ1v) is 14.0. The van der Waals surface area contributed by atoms with Crippen LogP contribution >= 0.6 is 22.7 Å². The molecule has 3 aromatic carbocycles. The standard InChI is InChI=1S/C31H30N2S2/c1-17(2)13-25-18(3)21-11-12-24-26(29(21)34-25)27-28(32-16-33-30(27)35-24)20-14-19-9-7-8-10-22(19)23(15-20)31(4,5)6/h7-12,14-17H,13H2,1-6H3. The number of aromatic nitrogens is 2. The van der Waals surface area contributed by atoms with Crippen LogP contribution in [0.25, 0.3) is 52.4 Å². The lowest BCUT2D eigenvalue weighted by molar-refractivity contribution is 0.596. The second kappa shape index (κ2) is 8.11. The van der Waals surface area contributed by atoms with Gasteiger partial charge in [-0.2, -0.15) is 0 Å². The van der Waals surface area contributed by atoms with Crippen molar-refractivity contribution in [3.05, 3.63) is 70.9 Å². The van der Waals surface area contributed by atoms with Crippen LogP contribution in [0.1, 0.15) is 50.6 Å². The van der Waals surface area contributed by atoms with Crippen LogP contribution in [0.2, 0.25) is 0 Å². The molecule has 3 heterocycles. The van der Waals surface area contributed by atoms with Gasteiger partial charge in [0.1, 0.15) is 11.2 Å². The van der Waals surface area contributed by atoms with E-state index in [1.807, 2.05) is 11.3 Å². The fraction of sp³-hybridized carbons (Fsp3) is 0.290. The molecule has 0 saturated heterocycles. The number of fused-ring (bicyclic) bond motifs is 6. The maximum Gasteiger partial charge on any atom is 0.128 e. The number of hydrogen-bond donors (Lipinski definition) is 0. The molecular formula is C31H30N2S2. The first-order chi connectivity index (χ1) is 16.7. The first kappa shape index (κ1) is 22.6. The topological polar surface area (TPSA) is 25.8 Å². The van der Waals surface area contributed by atoms with Gasteiger partial charge in [0, 0.05) is 30.6 Å². The van der Waals surface area contributed by atoms with E-state index in [4.69, 9.17) is 9.97 Å². The van der Waals surface area contributed by atoms with E-state index in [2.05, 4.69) is 90.1 Å². The molecule has 3 aromatic heterocycles. The molecule has 0 fully saturated rings. The van der Waals surface area contributed by atoms with Crippen molar-refractivity contribution in [1.29, 1.82) is 0 Å². The molecule has 6 rings (SSSR count). The molecule has 35 heavy (non-hydrogen) atoms. The van der Waals surface area contributed by atoms with Gasteiger partial charge in [0.2, 0.25) is 0 Å². The molecular weight excluding hydrogens is 464 g/mol. The van der Waals surface area contributed by atoms with Crippen LogP contribution < -0.4 is 0 Å². The summed E-state index contributed by atoms with van der Waals surface area (Å²) in [6, 6.07) is 18.0. The van der Waals surface area contributed by atoms with E-state index in [-0.39, 0.29) is 5.41 Å². The predicted molar refractivity (Wildman–Crippen MR) is 155 cm³/mol. The maximum atomic E-state index is 4.91. The van der Waals surface area contributed by atoms with Gasteiger partial charge in [-0.1, -0.05) is 65.0 Å². The molecule has 0 N–H and O–H groups in total. The van der Waals surface area contributed by atoms with Crippen LogP contribution in [0.15, 0.2) is 54.9 Å². The van der Waals surface area contributed by atoms with Crippen LogP contribution in [0, 0.1) is 12.8 Å². The monoisotopic (exact) mass is 494 g/mol. The summed E-state index contributed by atoms with van der Waals surface area (Å²) in [6.07, 6.45) is 2.86. The minimum atomic E-state index is 0.0301. The zero-order valence-electron chi connectivity index (χ0n) is 21.2. The van der Waals surface area contributed by atoms with Gasteiger partial charge >= 0.3 is 0 Å². The average Bonchev–Trinajstić information content (AvgIpc) is 3.34. The normalized spacial score (nSPS) is 12.7. The van der Waals surface area contributed by atoms with Gasteiger partial charge in [0.25, 0.3) is 0 Å². The van der Waals surface area contributed by atoms with Gasteiger partial charge in [0.15, 0.2) is 0 Å². The Labute approximate surface area is 214 Å². The van der Waals surface area contributed by atoms with Gasteiger partial charge in [-0.05, 0) is 70.2 Å². The van der Waals surface area contributed by atoms with Crippen LogP contribution in [-0.4, -0.2) is 9.97 Å². The summed E-state index contributed by atoms with van der Waals surface area (Å²) in [5.41, 5.74) is 5.03. The van der Waals surface area contributed by atoms with Crippen molar-refractivity contribution in [2.45, 2.75) is 53.4 Å². The molecule has 0 aliphatic heterocycles. The zero-order valence-corrected chi connectivity index (χ0v) is 22.8. The Morgan fingerprint density at radius 2 is 1.69 bits per heavy atom. The minimum Gasteiger partial charge on any atom is -0.236 e. The lowest BCUT2D eigenvalue weighted by atomic mass is 9.82. The van der Waals surface area contributed by atoms with Crippen molar-refractivity contribution < 1.29 is 0 Å². The Hall–Kier alpha value is -2.82. The van der Waals surface area contributed by atoms with Gasteiger partial charge in [-0.3, -0.25) is 0 Å². The van der Waals surface area contributed by atoms with Gasteiger partial charge in [-0.15, -0.1) is 22.7 Å². The van der Waals surface area contributed by atoms with E-state index in [1.54, 1.807) is 17.7 Å². The number of hydrogen-bond acceptors (Lipinski definition) is 4. The number of thiophene rings is 2. The Kier molecular flexibility index (Phi) is 5.24. The fourth-order valence-corrected chi connectivity index (χ4v) is 7.95. The lowest BCUT2D eigenvalue weighted by Crippen LogP contribution is -2.12. The highest BCUT2D eigenvalue weighted by Gasteiger charge is 2.22. The second-order valence-corrected chi connectivity index (χ2v) is 13.2. The Balaban J connectivity index is 1.71. The molecule has 0 radical (unpaired) electrons. The molecule has 4 heteroatoms. The smallest absolute Gasteiger partial charge is 0.128 e. The molecule has 2 nitrogen and oxygen atoms in total. The number of rotatable bonds is 3. The Morgan fingerprint density at radius 3 is 2.46 bits per heavy atom. The largest absolute Gasteiger partial charge is 0.236 e. The summed E-state index contributed by atoms with van der Waals surface area (Å²) in [7, 11) is 0. The van der Waals surface area contributed by atoms with Gasteiger partial charge in [0.05, 0.1) is 5.69 Å². The third-order valence-corrected chi connectivity index (χ3v) is 9.38. The van der Waals surface area contributed by atoms with Crippen molar-refractivity contribution in [2.24, 2.45) is 5.92 Å². The van der Waals surface area contributed by atoms with E-state index < -0.39 is 0 Å². The third-order valence-electron chi connectivity index (χ3n) is 6.97. The lowest BCUT2D eigenvalue weighted by Gasteiger charge is -2.22. The first-order valence-electron chi connectivity index (χ1n) is 12.3. The zero-order chi connectivity index (χ0) is 24.5. The van der Waals surface area contributed by atoms with Crippen LogP contribution in [0.3, 0.4) is 0 Å². The van der Waals surface area contributed by atoms with Crippen LogP contribution in [0.4, 0.5) is 0 Å². The van der Waals surface area contributed by atoms with Crippen molar-refractivity contribution in [2.75, 3.05) is 0 Å². The van der Waals surface area contributed by atoms with Crippen molar-refractivity contribution in [1.82, 2.24) is 9.97 Å². The van der Waals surface area contributed by atoms with Crippen LogP contribution in [-0.2, 0) is 11.8 Å². The molecule has 0 spiro atoms. The van der Waals surface area contributed by atoms with E-state index in [9.17, 15) is 0 Å². The highest BCUT2D eigenvalue weighted by atomic mass is 32.1. The van der Waals surface area contributed by atoms with E-state index >= 15 is 0 Å². The fourth-order valence-electron chi connectivity index (χ4n) is 5.27. The molecule has 0 aliphatic rings. The number of aryl methyl sites for hydroxylation is 1. The number of nitrogens with zero attached hydrogens (tertiary/aromatic N) is 2. The number of benzene rings is 3. The molecule has 176 valence electrons. The van der Waals surface area contributed by atoms with Crippen LogP contribution in [0.5, 0.6) is 0 Å². The highest BCUT2D eigenvalue weighted by Crippen LogP contribution is 2.46. The SMILES string of the molecule is Cc1c(CC(C)C)sc2c1ccc1sc3ncnc(-c4cc(C(C)(C)C)c5ccccc5c4)c3c12. The summed E-state index contributed by atoms with van der Waals surface area (Å²) in [6.45, 7) is 13.8. The Morgan fingerprint density at radius 1 is 0.886 bits per heavy atom. The van der Waals surface area contributed by atoms with E-state index in [1.165, 1.54) is 57.9 Å². The summed E-state index contributed by atoms with van der Waals surface area (Å²) in [4.78, 5) is 12.2. The summed E-state index contributed by atoms with van der Waals surface area (Å²) < 4.78 is 2.68. The molecule has 0 amide bonds. The third kappa shape index (κ3) is 3.66. The Bertz CT molecular complexity index is 1750. The predicted octanol–water partition coefficient (Wildman–Crippen LogP) is 9.68. The van der Waals surface area contributed by atoms with Gasteiger partial charge < -0.3 is 0 Å². The quantitative estimate of drug-likeness (QED) is 0.245. The maximum absolute atomic E-state index is 4.91. The van der Waals surface area contributed by atoms with Crippen molar-refractivity contribution in [3.8, 4) is 11.3 Å². The minimum absolute atomic E-state index is 0.0301. The molecule has 0 unspecified atom stereocenters. The second-order valence-electron chi connectivity index (χ2n) is 11.1. The molecule has 0 saturated carbocycles. The highest BCUT2D eigenvalue weighted by molar-refractivity contribution is 7.27. The van der Waals surface area contributed by atoms with Crippen molar-refractivity contribution >= 4 is 63.8 Å². The summed E-state index contributed by atoms with van der Waals surface area (Å²) in [5, 5.41) is 6.48. The molecule has 0 atom stereocenters. The molecule has 0 aliphatic carbocycles. The average molecular weight is 495 g/mol. The van der Waals surface area contributed by atoms with E-state index in [0.29, 0.717) is 5.92 Å². The van der Waals surface area contributed by atoms with Gasteiger partial charge in [-0.25, -0.2) is 9.97 Å².